The molecule has 1 heterocycles. The lowest BCUT2D eigenvalue weighted by molar-refractivity contribution is -0.0504. The van der Waals surface area contributed by atoms with Crippen LogP contribution in [-0.2, 0) is 14.8 Å². The number of ether oxygens (including phenoxy) is 2. The van der Waals surface area contributed by atoms with Crippen molar-refractivity contribution in [2.45, 2.75) is 29.9 Å². The minimum atomic E-state index is -3.76. The van der Waals surface area contributed by atoms with Crippen molar-refractivity contribution in [1.82, 2.24) is 4.90 Å². The first-order valence-electron chi connectivity index (χ1n) is 7.24. The summed E-state index contributed by atoms with van der Waals surface area (Å²) in [5.41, 5.74) is 0. The molecule has 0 spiro atoms. The van der Waals surface area contributed by atoms with Crippen molar-refractivity contribution in [2.75, 3.05) is 26.3 Å². The number of rotatable bonds is 5. The standard InChI is InChI=1S/C14H19ClN2O4S/c15-13-7-12(22(16,18)19)3-4-14(13)21-9-11-8-17(5-6-20-11)10-1-2-10/h3-4,7,10-11H,1-2,5-6,8-9H2,(H2,16,18,19)/t11-/m0/s1. The van der Waals surface area contributed by atoms with Crippen molar-refractivity contribution in [1.29, 1.82) is 0 Å². The van der Waals surface area contributed by atoms with Gasteiger partial charge in [-0.2, -0.15) is 0 Å². The lowest BCUT2D eigenvalue weighted by atomic mass is 10.2. The zero-order chi connectivity index (χ0) is 15.7. The van der Waals surface area contributed by atoms with Crippen LogP contribution in [0.4, 0.5) is 0 Å². The van der Waals surface area contributed by atoms with E-state index < -0.39 is 10.0 Å². The molecule has 0 aromatic heterocycles. The van der Waals surface area contributed by atoms with Gasteiger partial charge in [0.1, 0.15) is 18.5 Å². The zero-order valence-electron chi connectivity index (χ0n) is 12.1. The Bertz CT molecular complexity index is 648. The number of primary sulfonamides is 1. The monoisotopic (exact) mass is 346 g/mol. The van der Waals surface area contributed by atoms with Gasteiger partial charge in [0.2, 0.25) is 10.0 Å². The number of hydrogen-bond donors (Lipinski definition) is 1. The Kier molecular flexibility index (Phi) is 4.61. The van der Waals surface area contributed by atoms with E-state index in [0.717, 1.165) is 13.1 Å². The van der Waals surface area contributed by atoms with Crippen LogP contribution in [0.15, 0.2) is 23.1 Å². The van der Waals surface area contributed by atoms with Crippen LogP contribution in [0.1, 0.15) is 12.8 Å². The van der Waals surface area contributed by atoms with Crippen molar-refractivity contribution in [3.63, 3.8) is 0 Å². The van der Waals surface area contributed by atoms with Gasteiger partial charge in [0.05, 0.1) is 16.5 Å². The number of benzene rings is 1. The third-order valence-electron chi connectivity index (χ3n) is 3.89. The highest BCUT2D eigenvalue weighted by molar-refractivity contribution is 7.89. The van der Waals surface area contributed by atoms with E-state index in [-0.39, 0.29) is 16.0 Å². The van der Waals surface area contributed by atoms with E-state index in [0.29, 0.717) is 25.0 Å². The maximum Gasteiger partial charge on any atom is 0.238 e. The summed E-state index contributed by atoms with van der Waals surface area (Å²) in [7, 11) is -3.76. The first kappa shape index (κ1) is 16.0. The molecule has 2 aliphatic rings. The van der Waals surface area contributed by atoms with E-state index >= 15 is 0 Å². The second-order valence-corrected chi connectivity index (χ2v) is 7.64. The molecular weight excluding hydrogens is 328 g/mol. The summed E-state index contributed by atoms with van der Waals surface area (Å²) >= 11 is 6.05. The maximum absolute atomic E-state index is 11.3. The second-order valence-electron chi connectivity index (χ2n) is 5.67. The average molecular weight is 347 g/mol. The van der Waals surface area contributed by atoms with Crippen molar-refractivity contribution < 1.29 is 17.9 Å². The van der Waals surface area contributed by atoms with Crippen molar-refractivity contribution >= 4 is 21.6 Å². The quantitative estimate of drug-likeness (QED) is 0.867. The summed E-state index contributed by atoms with van der Waals surface area (Å²) < 4.78 is 33.9. The van der Waals surface area contributed by atoms with Gasteiger partial charge in [-0.3, -0.25) is 4.90 Å². The molecule has 8 heteroatoms. The summed E-state index contributed by atoms with van der Waals surface area (Å²) in [5, 5.41) is 5.29. The minimum Gasteiger partial charge on any atom is -0.489 e. The van der Waals surface area contributed by atoms with E-state index in [4.69, 9.17) is 26.2 Å². The first-order chi connectivity index (χ1) is 10.4. The third kappa shape index (κ3) is 3.91. The van der Waals surface area contributed by atoms with Gasteiger partial charge in [-0.05, 0) is 31.0 Å². The molecule has 0 amide bonds. The second kappa shape index (κ2) is 6.33. The number of sulfonamides is 1. The van der Waals surface area contributed by atoms with Crippen LogP contribution in [0.3, 0.4) is 0 Å². The molecule has 3 rings (SSSR count). The molecule has 1 aliphatic heterocycles. The number of morpholine rings is 1. The normalized spacial score (nSPS) is 23.5. The summed E-state index contributed by atoms with van der Waals surface area (Å²) in [5.74, 6) is 0.432. The predicted octanol–water partition coefficient (Wildman–Crippen LogP) is 1.23. The lowest BCUT2D eigenvalue weighted by Gasteiger charge is -2.32. The van der Waals surface area contributed by atoms with Crippen LogP contribution >= 0.6 is 11.6 Å². The number of halogens is 1. The largest absolute Gasteiger partial charge is 0.489 e. The molecule has 6 nitrogen and oxygen atoms in total. The van der Waals surface area contributed by atoms with E-state index in [1.165, 1.54) is 31.0 Å². The summed E-state index contributed by atoms with van der Waals surface area (Å²) in [6.45, 7) is 2.93. The fourth-order valence-electron chi connectivity index (χ4n) is 2.57. The Morgan fingerprint density at radius 3 is 2.82 bits per heavy atom. The molecule has 1 aliphatic carbocycles. The third-order valence-corrected chi connectivity index (χ3v) is 5.10. The van der Waals surface area contributed by atoms with Gasteiger partial charge in [0.15, 0.2) is 0 Å². The van der Waals surface area contributed by atoms with E-state index in [9.17, 15) is 8.42 Å². The van der Waals surface area contributed by atoms with Crippen LogP contribution in [0, 0.1) is 0 Å². The molecule has 1 aromatic carbocycles. The Morgan fingerprint density at radius 1 is 1.41 bits per heavy atom. The van der Waals surface area contributed by atoms with E-state index in [2.05, 4.69) is 4.90 Å². The highest BCUT2D eigenvalue weighted by Crippen LogP contribution is 2.29. The number of nitrogens with zero attached hydrogens (tertiary/aromatic N) is 1. The van der Waals surface area contributed by atoms with E-state index in [1.54, 1.807) is 0 Å². The zero-order valence-corrected chi connectivity index (χ0v) is 13.6. The van der Waals surface area contributed by atoms with Gasteiger partial charge in [-0.15, -0.1) is 0 Å². The molecule has 0 unspecified atom stereocenters. The van der Waals surface area contributed by atoms with Crippen LogP contribution in [0.5, 0.6) is 5.75 Å². The molecule has 1 saturated heterocycles. The molecule has 122 valence electrons. The SMILES string of the molecule is NS(=O)(=O)c1ccc(OC[C@@H]2CN(C3CC3)CCO2)c(Cl)c1. The van der Waals surface area contributed by atoms with Gasteiger partial charge < -0.3 is 9.47 Å². The van der Waals surface area contributed by atoms with Crippen LogP contribution in [-0.4, -0.2) is 51.8 Å². The van der Waals surface area contributed by atoms with Crippen LogP contribution in [0.25, 0.3) is 0 Å². The van der Waals surface area contributed by atoms with Crippen LogP contribution < -0.4 is 9.88 Å². The highest BCUT2D eigenvalue weighted by atomic mass is 35.5. The fraction of sp³-hybridized carbons (Fsp3) is 0.571. The van der Waals surface area contributed by atoms with Crippen molar-refractivity contribution in [2.24, 2.45) is 5.14 Å². The average Bonchev–Trinajstić information content (AvgIpc) is 3.30. The molecule has 1 saturated carbocycles. The van der Waals surface area contributed by atoms with Crippen molar-refractivity contribution in [3.05, 3.63) is 23.2 Å². The Balaban J connectivity index is 1.59. The summed E-state index contributed by atoms with van der Waals surface area (Å²) in [4.78, 5) is 2.40. The molecule has 1 aromatic rings. The lowest BCUT2D eigenvalue weighted by Crippen LogP contribution is -2.45. The number of nitrogens with two attached hydrogens (primary N) is 1. The highest BCUT2D eigenvalue weighted by Gasteiger charge is 2.33. The van der Waals surface area contributed by atoms with Crippen molar-refractivity contribution in [3.8, 4) is 5.75 Å². The van der Waals surface area contributed by atoms with Gasteiger partial charge in [0.25, 0.3) is 0 Å². The molecule has 0 radical (unpaired) electrons. The maximum atomic E-state index is 11.3. The smallest absolute Gasteiger partial charge is 0.238 e. The minimum absolute atomic E-state index is 0.00309. The predicted molar refractivity (Wildman–Crippen MR) is 82.7 cm³/mol. The Hall–Kier alpha value is -0.860. The van der Waals surface area contributed by atoms with Gasteiger partial charge >= 0.3 is 0 Å². The molecule has 22 heavy (non-hydrogen) atoms. The molecule has 2 fully saturated rings. The molecule has 1 atom stereocenters. The topological polar surface area (TPSA) is 81.9 Å². The van der Waals surface area contributed by atoms with Gasteiger partial charge in [-0.1, -0.05) is 11.6 Å². The first-order valence-corrected chi connectivity index (χ1v) is 9.17. The van der Waals surface area contributed by atoms with Gasteiger partial charge in [0, 0.05) is 19.1 Å². The van der Waals surface area contributed by atoms with Crippen LogP contribution in [0.2, 0.25) is 5.02 Å². The molecule has 0 bridgehead atoms. The van der Waals surface area contributed by atoms with E-state index in [1.807, 2.05) is 0 Å². The molecule has 2 N–H and O–H groups in total. The number of hydrogen-bond acceptors (Lipinski definition) is 5. The summed E-state index contributed by atoms with van der Waals surface area (Å²) in [6.07, 6.45) is 2.55. The fourth-order valence-corrected chi connectivity index (χ4v) is 3.41. The van der Waals surface area contributed by atoms with Gasteiger partial charge in [-0.25, -0.2) is 13.6 Å². The Morgan fingerprint density at radius 2 is 2.18 bits per heavy atom. The Labute approximate surface area is 135 Å². The summed E-state index contributed by atoms with van der Waals surface area (Å²) in [6, 6.07) is 4.91. The molecular formula is C14H19ClN2O4S.